The number of likely N-dealkylation sites (N-methyl/N-ethyl adjacent to an activating group) is 2. The van der Waals surface area contributed by atoms with Gasteiger partial charge in [0.25, 0.3) is 11.8 Å². The van der Waals surface area contributed by atoms with Crippen molar-refractivity contribution in [3.8, 4) is 17.6 Å². The van der Waals surface area contributed by atoms with Crippen LogP contribution in [0.3, 0.4) is 0 Å². The predicted molar refractivity (Wildman–Crippen MR) is 124 cm³/mol. The van der Waals surface area contributed by atoms with Gasteiger partial charge in [0.1, 0.15) is 12.2 Å². The fourth-order valence-electron chi connectivity index (χ4n) is 3.12. The monoisotopic (exact) mass is 469 g/mol. The zero-order chi connectivity index (χ0) is 23.4. The van der Waals surface area contributed by atoms with Crippen molar-refractivity contribution in [2.24, 2.45) is 0 Å². The number of benzene rings is 2. The lowest BCUT2D eigenvalue weighted by Crippen LogP contribution is -2.52. The second kappa shape index (κ2) is 9.81. The number of halogens is 1. The van der Waals surface area contributed by atoms with Crippen LogP contribution in [-0.4, -0.2) is 47.4 Å². The smallest absolute Gasteiger partial charge is 0.265 e. The van der Waals surface area contributed by atoms with Crippen LogP contribution in [0.1, 0.15) is 23.6 Å². The first-order chi connectivity index (χ1) is 15.3. The van der Waals surface area contributed by atoms with Gasteiger partial charge in [-0.1, -0.05) is 29.8 Å². The molecule has 164 valence electrons. The van der Waals surface area contributed by atoms with Gasteiger partial charge in [-0.05, 0) is 49.0 Å². The average molecular weight is 470 g/mol. The van der Waals surface area contributed by atoms with E-state index in [0.29, 0.717) is 34.8 Å². The summed E-state index contributed by atoms with van der Waals surface area (Å²) in [5.74, 6) is -0.337. The van der Waals surface area contributed by atoms with E-state index in [9.17, 15) is 14.9 Å². The Hall–Kier alpha value is -3.41. The van der Waals surface area contributed by atoms with Crippen LogP contribution in [0.4, 0.5) is 0 Å². The van der Waals surface area contributed by atoms with Crippen molar-refractivity contribution in [2.45, 2.75) is 13.5 Å². The van der Waals surface area contributed by atoms with E-state index in [-0.39, 0.29) is 22.3 Å². The number of nitrogens with zero attached hydrogens (tertiary/aromatic N) is 3. The zero-order valence-electron chi connectivity index (χ0n) is 17.7. The lowest BCUT2D eigenvalue weighted by Gasteiger charge is -2.31. The third kappa shape index (κ3) is 4.59. The molecule has 0 N–H and O–H groups in total. The number of rotatable bonds is 6. The quantitative estimate of drug-likeness (QED) is 0.363. The van der Waals surface area contributed by atoms with Gasteiger partial charge in [-0.25, -0.2) is 0 Å². The third-order valence-corrected chi connectivity index (χ3v) is 5.62. The Morgan fingerprint density at radius 1 is 1.12 bits per heavy atom. The highest BCUT2D eigenvalue weighted by molar-refractivity contribution is 7.80. The lowest BCUT2D eigenvalue weighted by atomic mass is 10.1. The van der Waals surface area contributed by atoms with E-state index in [1.54, 1.807) is 30.3 Å². The number of carbonyl (C=O) groups is 2. The molecule has 1 aliphatic rings. The highest BCUT2D eigenvalue weighted by Gasteiger charge is 2.35. The molecule has 1 saturated heterocycles. The standard InChI is InChI=1S/C23H20ClN3O4S/c1-4-30-19-11-14(9-17-21(28)26(2)23(32)27(3)22(17)29)10-18(24)20(19)31-13-16-8-6-5-7-15(16)12-25/h5-11H,4,13H2,1-3H3. The fourth-order valence-corrected chi connectivity index (χ4v) is 3.56. The molecule has 0 radical (unpaired) electrons. The molecule has 2 aromatic carbocycles. The number of hydrogen-bond donors (Lipinski definition) is 0. The number of nitriles is 1. The van der Waals surface area contributed by atoms with Crippen LogP contribution in [0.25, 0.3) is 6.08 Å². The molecule has 1 aliphatic heterocycles. The van der Waals surface area contributed by atoms with Gasteiger partial charge < -0.3 is 9.47 Å². The molecule has 1 heterocycles. The van der Waals surface area contributed by atoms with Gasteiger partial charge in [0.15, 0.2) is 16.6 Å². The van der Waals surface area contributed by atoms with Crippen molar-refractivity contribution in [3.05, 3.63) is 63.7 Å². The highest BCUT2D eigenvalue weighted by Crippen LogP contribution is 2.38. The molecule has 9 heteroatoms. The second-order valence-electron chi connectivity index (χ2n) is 6.89. The van der Waals surface area contributed by atoms with Gasteiger partial charge in [0.05, 0.1) is 23.3 Å². The van der Waals surface area contributed by atoms with Crippen molar-refractivity contribution in [3.63, 3.8) is 0 Å². The van der Waals surface area contributed by atoms with Crippen molar-refractivity contribution >= 4 is 46.8 Å². The maximum absolute atomic E-state index is 12.6. The van der Waals surface area contributed by atoms with Gasteiger partial charge in [0.2, 0.25) is 0 Å². The van der Waals surface area contributed by atoms with Crippen LogP contribution >= 0.6 is 23.8 Å². The molecule has 7 nitrogen and oxygen atoms in total. The second-order valence-corrected chi connectivity index (χ2v) is 7.66. The van der Waals surface area contributed by atoms with Gasteiger partial charge >= 0.3 is 0 Å². The highest BCUT2D eigenvalue weighted by atomic mass is 35.5. The van der Waals surface area contributed by atoms with Crippen LogP contribution < -0.4 is 9.47 Å². The van der Waals surface area contributed by atoms with Crippen LogP contribution in [0.5, 0.6) is 11.5 Å². The van der Waals surface area contributed by atoms with Gasteiger partial charge in [-0.3, -0.25) is 19.4 Å². The minimum atomic E-state index is -0.499. The maximum atomic E-state index is 12.6. The van der Waals surface area contributed by atoms with E-state index >= 15 is 0 Å². The summed E-state index contributed by atoms with van der Waals surface area (Å²) in [6.45, 7) is 2.28. The Labute approximate surface area is 196 Å². The summed E-state index contributed by atoms with van der Waals surface area (Å²) >= 11 is 11.6. The van der Waals surface area contributed by atoms with Crippen molar-refractivity contribution in [1.82, 2.24) is 9.80 Å². The largest absolute Gasteiger partial charge is 0.490 e. The van der Waals surface area contributed by atoms with Gasteiger partial charge in [0, 0.05) is 19.7 Å². The Morgan fingerprint density at radius 2 is 1.78 bits per heavy atom. The summed E-state index contributed by atoms with van der Waals surface area (Å²) in [7, 11) is 3.02. The summed E-state index contributed by atoms with van der Waals surface area (Å²) in [5, 5.41) is 9.64. The van der Waals surface area contributed by atoms with Crippen molar-refractivity contribution < 1.29 is 19.1 Å². The number of thiocarbonyl (C=S) groups is 1. The fraction of sp³-hybridized carbons (Fsp3) is 0.217. The van der Waals surface area contributed by atoms with Gasteiger partial charge in [-0.2, -0.15) is 5.26 Å². The molecule has 1 fully saturated rings. The van der Waals surface area contributed by atoms with Crippen molar-refractivity contribution in [1.29, 1.82) is 5.26 Å². The van der Waals surface area contributed by atoms with E-state index < -0.39 is 11.8 Å². The first-order valence-electron chi connectivity index (χ1n) is 9.67. The molecular formula is C23H20ClN3O4S. The Morgan fingerprint density at radius 3 is 2.41 bits per heavy atom. The zero-order valence-corrected chi connectivity index (χ0v) is 19.3. The Kier molecular flexibility index (Phi) is 7.13. The van der Waals surface area contributed by atoms with Crippen LogP contribution in [0.15, 0.2) is 42.0 Å². The van der Waals surface area contributed by atoms with E-state index in [1.165, 1.54) is 30.0 Å². The predicted octanol–water partition coefficient (Wildman–Crippen LogP) is 3.79. The molecule has 0 unspecified atom stereocenters. The van der Waals surface area contributed by atoms with E-state index in [1.807, 2.05) is 13.0 Å². The Balaban J connectivity index is 1.96. The average Bonchev–Trinajstić information content (AvgIpc) is 2.79. The van der Waals surface area contributed by atoms with Crippen LogP contribution in [-0.2, 0) is 16.2 Å². The van der Waals surface area contributed by atoms with Gasteiger partial charge in [-0.15, -0.1) is 0 Å². The SMILES string of the molecule is CCOc1cc(C=C2C(=O)N(C)C(=S)N(C)C2=O)cc(Cl)c1OCc1ccccc1C#N. The summed E-state index contributed by atoms with van der Waals surface area (Å²) in [4.78, 5) is 27.6. The van der Waals surface area contributed by atoms with E-state index in [4.69, 9.17) is 33.3 Å². The third-order valence-electron chi connectivity index (χ3n) is 4.80. The molecule has 0 bridgehead atoms. The molecule has 2 amide bonds. The number of amides is 2. The molecule has 0 atom stereocenters. The topological polar surface area (TPSA) is 82.9 Å². The number of carbonyl (C=O) groups excluding carboxylic acids is 2. The maximum Gasteiger partial charge on any atom is 0.265 e. The van der Waals surface area contributed by atoms with E-state index in [2.05, 4.69) is 6.07 Å². The summed E-state index contributed by atoms with van der Waals surface area (Å²) in [6, 6.07) is 12.4. The molecule has 0 spiro atoms. The molecule has 3 rings (SSSR count). The summed E-state index contributed by atoms with van der Waals surface area (Å²) in [5.41, 5.74) is 1.66. The van der Waals surface area contributed by atoms with Crippen LogP contribution in [0.2, 0.25) is 5.02 Å². The first-order valence-corrected chi connectivity index (χ1v) is 10.5. The molecule has 32 heavy (non-hydrogen) atoms. The summed E-state index contributed by atoms with van der Waals surface area (Å²) < 4.78 is 11.6. The lowest BCUT2D eigenvalue weighted by molar-refractivity contribution is -0.132. The van der Waals surface area contributed by atoms with Crippen molar-refractivity contribution in [2.75, 3.05) is 20.7 Å². The molecule has 2 aromatic rings. The molecular weight excluding hydrogens is 450 g/mol. The van der Waals surface area contributed by atoms with Crippen LogP contribution in [0, 0.1) is 11.3 Å². The summed E-state index contributed by atoms with van der Waals surface area (Å²) in [6.07, 6.45) is 1.45. The number of hydrogen-bond acceptors (Lipinski definition) is 6. The minimum Gasteiger partial charge on any atom is -0.490 e. The Bertz CT molecular complexity index is 1150. The molecule has 0 aromatic heterocycles. The first kappa shape index (κ1) is 23.3. The minimum absolute atomic E-state index is 0.0428. The molecule has 0 aliphatic carbocycles. The normalized spacial score (nSPS) is 13.8. The molecule has 0 saturated carbocycles. The van der Waals surface area contributed by atoms with E-state index in [0.717, 1.165) is 0 Å². The number of ether oxygens (including phenoxy) is 2.